The molecule has 0 amide bonds. The van der Waals surface area contributed by atoms with E-state index in [0.29, 0.717) is 12.5 Å². The van der Waals surface area contributed by atoms with E-state index in [4.69, 9.17) is 5.11 Å². The van der Waals surface area contributed by atoms with Gasteiger partial charge in [0.2, 0.25) is 0 Å². The van der Waals surface area contributed by atoms with E-state index in [0.717, 1.165) is 31.2 Å². The average molecular weight is 264 g/mol. The van der Waals surface area contributed by atoms with E-state index < -0.39 is 5.60 Å². The van der Waals surface area contributed by atoms with Crippen LogP contribution in [0, 0.1) is 5.92 Å². The summed E-state index contributed by atoms with van der Waals surface area (Å²) in [6, 6.07) is 8.17. The lowest BCUT2D eigenvalue weighted by Gasteiger charge is -2.22. The molecule has 2 N–H and O–H groups in total. The molecule has 1 rings (SSSR count). The van der Waals surface area contributed by atoms with Crippen LogP contribution in [0.5, 0.6) is 0 Å². The van der Waals surface area contributed by atoms with Crippen LogP contribution < -0.4 is 0 Å². The van der Waals surface area contributed by atoms with Crippen LogP contribution in [0.4, 0.5) is 0 Å². The van der Waals surface area contributed by atoms with Gasteiger partial charge in [-0.1, -0.05) is 44.0 Å². The lowest BCUT2D eigenvalue weighted by atomic mass is 9.88. The van der Waals surface area contributed by atoms with Gasteiger partial charge in [-0.3, -0.25) is 0 Å². The van der Waals surface area contributed by atoms with Crippen LogP contribution >= 0.6 is 0 Å². The first-order valence-corrected chi connectivity index (χ1v) is 7.36. The highest BCUT2D eigenvalue weighted by molar-refractivity contribution is 5.31. The zero-order valence-corrected chi connectivity index (χ0v) is 12.5. The highest BCUT2D eigenvalue weighted by atomic mass is 16.3. The summed E-state index contributed by atoms with van der Waals surface area (Å²) in [5, 5.41) is 19.0. The monoisotopic (exact) mass is 264 g/mol. The largest absolute Gasteiger partial charge is 0.396 e. The van der Waals surface area contributed by atoms with E-state index in [9.17, 15) is 5.11 Å². The van der Waals surface area contributed by atoms with Crippen molar-refractivity contribution in [3.8, 4) is 0 Å². The first-order valence-electron chi connectivity index (χ1n) is 7.36. The predicted molar refractivity (Wildman–Crippen MR) is 80.1 cm³/mol. The number of aryl methyl sites for hydroxylation is 1. The summed E-state index contributed by atoms with van der Waals surface area (Å²) in [4.78, 5) is 0. The van der Waals surface area contributed by atoms with Gasteiger partial charge in [0.25, 0.3) is 0 Å². The van der Waals surface area contributed by atoms with Crippen LogP contribution in [-0.2, 0) is 12.0 Å². The molecular weight excluding hydrogens is 236 g/mol. The fraction of sp³-hybridized carbons (Fsp3) is 0.647. The Bertz CT molecular complexity index is 366. The molecule has 0 unspecified atom stereocenters. The molecule has 2 nitrogen and oxygen atoms in total. The highest BCUT2D eigenvalue weighted by Crippen LogP contribution is 2.26. The number of hydrogen-bond donors (Lipinski definition) is 2. The van der Waals surface area contributed by atoms with Crippen molar-refractivity contribution in [3.05, 3.63) is 35.4 Å². The van der Waals surface area contributed by atoms with Crippen LogP contribution in [0.25, 0.3) is 0 Å². The minimum Gasteiger partial charge on any atom is -0.396 e. The Labute approximate surface area is 117 Å². The van der Waals surface area contributed by atoms with Gasteiger partial charge in [0.15, 0.2) is 0 Å². The van der Waals surface area contributed by atoms with Gasteiger partial charge in [0.1, 0.15) is 0 Å². The lowest BCUT2D eigenvalue weighted by Crippen LogP contribution is -2.18. The fourth-order valence-corrected chi connectivity index (χ4v) is 2.49. The van der Waals surface area contributed by atoms with E-state index in [1.165, 1.54) is 12.0 Å². The van der Waals surface area contributed by atoms with Gasteiger partial charge in [-0.2, -0.15) is 0 Å². The Morgan fingerprint density at radius 2 is 1.79 bits per heavy atom. The second-order valence-electron chi connectivity index (χ2n) is 6.08. The van der Waals surface area contributed by atoms with Crippen molar-refractivity contribution >= 4 is 0 Å². The molecule has 2 heteroatoms. The number of unbranched alkanes of at least 4 members (excludes halogenated alkanes) is 1. The van der Waals surface area contributed by atoms with Gasteiger partial charge in [-0.25, -0.2) is 0 Å². The number of hydrogen-bond acceptors (Lipinski definition) is 2. The maximum Gasteiger partial charge on any atom is 0.0843 e. The van der Waals surface area contributed by atoms with E-state index >= 15 is 0 Å². The van der Waals surface area contributed by atoms with Crippen LogP contribution in [0.2, 0.25) is 0 Å². The molecule has 0 aliphatic rings. The predicted octanol–water partition coefficient (Wildman–Crippen LogP) is 3.65. The van der Waals surface area contributed by atoms with Crippen molar-refractivity contribution in [2.75, 3.05) is 6.61 Å². The Morgan fingerprint density at radius 1 is 1.11 bits per heavy atom. The summed E-state index contributed by atoms with van der Waals surface area (Å²) in [6.07, 6.45) is 5.33. The molecule has 0 spiro atoms. The normalized spacial score (nSPS) is 13.5. The molecule has 1 atom stereocenters. The van der Waals surface area contributed by atoms with Crippen molar-refractivity contribution in [2.24, 2.45) is 5.92 Å². The van der Waals surface area contributed by atoms with E-state index in [1.54, 1.807) is 0 Å². The van der Waals surface area contributed by atoms with Gasteiger partial charge in [0.05, 0.1) is 5.60 Å². The number of aliphatic hydroxyl groups is 2. The second-order valence-corrected chi connectivity index (χ2v) is 6.08. The molecule has 19 heavy (non-hydrogen) atoms. The molecule has 0 saturated carbocycles. The minimum atomic E-state index is -0.767. The second kappa shape index (κ2) is 7.66. The summed E-state index contributed by atoms with van der Waals surface area (Å²) >= 11 is 0. The summed E-state index contributed by atoms with van der Waals surface area (Å²) in [5.41, 5.74) is 1.53. The van der Waals surface area contributed by atoms with Crippen LogP contribution in [0.1, 0.15) is 57.6 Å². The van der Waals surface area contributed by atoms with E-state index in [2.05, 4.69) is 13.0 Å². The van der Waals surface area contributed by atoms with Crippen LogP contribution in [-0.4, -0.2) is 16.8 Å². The third-order valence-electron chi connectivity index (χ3n) is 3.69. The third kappa shape index (κ3) is 5.75. The first kappa shape index (κ1) is 16.2. The molecule has 0 aliphatic heterocycles. The molecule has 0 aromatic heterocycles. The molecule has 1 aromatic rings. The third-order valence-corrected chi connectivity index (χ3v) is 3.69. The molecule has 0 heterocycles. The average Bonchev–Trinajstić information content (AvgIpc) is 2.36. The molecule has 108 valence electrons. The minimum absolute atomic E-state index is 0.300. The van der Waals surface area contributed by atoms with Crippen LogP contribution in [0.3, 0.4) is 0 Å². The molecular formula is C17H28O2. The van der Waals surface area contributed by atoms with Crippen molar-refractivity contribution < 1.29 is 10.2 Å². The number of benzene rings is 1. The highest BCUT2D eigenvalue weighted by Gasteiger charge is 2.19. The molecule has 0 saturated heterocycles. The van der Waals surface area contributed by atoms with Gasteiger partial charge in [-0.05, 0) is 50.2 Å². The topological polar surface area (TPSA) is 40.5 Å². The molecule has 0 fully saturated rings. The Kier molecular flexibility index (Phi) is 6.53. The van der Waals surface area contributed by atoms with Gasteiger partial charge >= 0.3 is 0 Å². The number of aliphatic hydroxyl groups excluding tert-OH is 1. The van der Waals surface area contributed by atoms with Crippen molar-refractivity contribution in [1.82, 2.24) is 0 Å². The lowest BCUT2D eigenvalue weighted by molar-refractivity contribution is 0.0775. The van der Waals surface area contributed by atoms with Crippen molar-refractivity contribution in [3.63, 3.8) is 0 Å². The SMILES string of the molecule is C[C@H](CCCCO)CCc1ccccc1C(C)(C)O. The zero-order valence-electron chi connectivity index (χ0n) is 12.5. The van der Waals surface area contributed by atoms with E-state index in [-0.39, 0.29) is 0 Å². The molecule has 0 aliphatic carbocycles. The first-order chi connectivity index (χ1) is 8.95. The van der Waals surface area contributed by atoms with Crippen LogP contribution in [0.15, 0.2) is 24.3 Å². The smallest absolute Gasteiger partial charge is 0.0843 e. The quantitative estimate of drug-likeness (QED) is 0.704. The molecule has 0 radical (unpaired) electrons. The summed E-state index contributed by atoms with van der Waals surface area (Å²) in [7, 11) is 0. The maximum absolute atomic E-state index is 10.2. The zero-order chi connectivity index (χ0) is 14.3. The Hall–Kier alpha value is -0.860. The summed E-state index contributed by atoms with van der Waals surface area (Å²) in [6.45, 7) is 6.26. The summed E-state index contributed by atoms with van der Waals surface area (Å²) < 4.78 is 0. The Morgan fingerprint density at radius 3 is 2.42 bits per heavy atom. The van der Waals surface area contributed by atoms with Gasteiger partial charge in [0, 0.05) is 6.61 Å². The van der Waals surface area contributed by atoms with Crippen molar-refractivity contribution in [1.29, 1.82) is 0 Å². The fourth-order valence-electron chi connectivity index (χ4n) is 2.49. The Balaban J connectivity index is 2.53. The number of rotatable bonds is 8. The van der Waals surface area contributed by atoms with Gasteiger partial charge in [-0.15, -0.1) is 0 Å². The molecule has 1 aromatic carbocycles. The maximum atomic E-state index is 10.2. The van der Waals surface area contributed by atoms with E-state index in [1.807, 2.05) is 32.0 Å². The standard InChI is InChI=1S/C17H28O2/c1-14(8-6-7-13-18)11-12-15-9-4-5-10-16(15)17(2,3)19/h4-5,9-10,14,18-19H,6-8,11-13H2,1-3H3/t14-/m1/s1. The van der Waals surface area contributed by atoms with Gasteiger partial charge < -0.3 is 10.2 Å². The summed E-state index contributed by atoms with van der Waals surface area (Å²) in [5.74, 6) is 0.668. The van der Waals surface area contributed by atoms with Crippen molar-refractivity contribution in [2.45, 2.75) is 58.5 Å². The molecule has 0 bridgehead atoms.